The van der Waals surface area contributed by atoms with Gasteiger partial charge in [0.25, 0.3) is 5.91 Å². The van der Waals surface area contributed by atoms with Crippen LogP contribution in [0.4, 0.5) is 13.2 Å². The van der Waals surface area contributed by atoms with Crippen molar-refractivity contribution in [1.82, 2.24) is 4.90 Å². The average molecular weight is 331 g/mol. The van der Waals surface area contributed by atoms with Gasteiger partial charge in [-0.05, 0) is 31.4 Å². The highest BCUT2D eigenvalue weighted by Crippen LogP contribution is 2.36. The van der Waals surface area contributed by atoms with Crippen molar-refractivity contribution in [3.05, 3.63) is 23.8 Å². The van der Waals surface area contributed by atoms with Crippen LogP contribution in [-0.2, 0) is 4.74 Å². The zero-order valence-corrected chi connectivity index (χ0v) is 12.2. The molecular formula is C15H16F3NO4. The number of phenols is 1. The zero-order valence-electron chi connectivity index (χ0n) is 12.2. The summed E-state index contributed by atoms with van der Waals surface area (Å²) in [6.07, 6.45) is -2.58. The van der Waals surface area contributed by atoms with E-state index in [9.17, 15) is 23.1 Å². The van der Waals surface area contributed by atoms with Gasteiger partial charge in [-0.2, -0.15) is 0 Å². The Morgan fingerprint density at radius 3 is 2.87 bits per heavy atom. The molecule has 1 aromatic carbocycles. The highest BCUT2D eigenvalue weighted by atomic mass is 19.4. The fourth-order valence-electron chi connectivity index (χ4n) is 3.27. The van der Waals surface area contributed by atoms with Gasteiger partial charge >= 0.3 is 6.36 Å². The van der Waals surface area contributed by atoms with Crippen molar-refractivity contribution in [2.45, 2.75) is 37.8 Å². The predicted molar refractivity (Wildman–Crippen MR) is 73.2 cm³/mol. The molecular weight excluding hydrogens is 315 g/mol. The number of phenolic OH excluding ortho intramolecular Hbond substituents is 1. The number of halogens is 3. The quantitative estimate of drug-likeness (QED) is 0.905. The smallest absolute Gasteiger partial charge is 0.507 e. The molecule has 1 N–H and O–H groups in total. The van der Waals surface area contributed by atoms with Gasteiger partial charge in [-0.3, -0.25) is 4.79 Å². The minimum absolute atomic E-state index is 0.0921. The standard InChI is InChI=1S/C15H16F3NO4/c16-15(17,18)23-12-6-2-4-10(20)13(12)14(21)19-7-8-22-11-5-1-3-9(11)19/h2,4,6,9,11,20H,1,3,5,7-8H2/t9-,11+/m0/s1. The summed E-state index contributed by atoms with van der Waals surface area (Å²) in [4.78, 5) is 14.2. The first-order chi connectivity index (χ1) is 10.9. The van der Waals surface area contributed by atoms with Crippen molar-refractivity contribution in [2.24, 2.45) is 0 Å². The SMILES string of the molecule is O=C(c1c(O)cccc1OC(F)(F)F)N1CCO[C@@H]2CCC[C@@H]21. The van der Waals surface area contributed by atoms with Crippen LogP contribution < -0.4 is 4.74 Å². The normalized spacial score (nSPS) is 24.4. The number of carbonyl (C=O) groups excluding carboxylic acids is 1. The van der Waals surface area contributed by atoms with Crippen LogP contribution in [-0.4, -0.2) is 47.6 Å². The molecule has 0 bridgehead atoms. The van der Waals surface area contributed by atoms with Gasteiger partial charge in [-0.25, -0.2) is 0 Å². The highest BCUT2D eigenvalue weighted by Gasteiger charge is 2.41. The topological polar surface area (TPSA) is 59.0 Å². The predicted octanol–water partition coefficient (Wildman–Crippen LogP) is 2.68. The van der Waals surface area contributed by atoms with Gasteiger partial charge in [0.15, 0.2) is 0 Å². The summed E-state index contributed by atoms with van der Waals surface area (Å²) >= 11 is 0. The molecule has 23 heavy (non-hydrogen) atoms. The lowest BCUT2D eigenvalue weighted by Crippen LogP contribution is -2.51. The Bertz CT molecular complexity index is 605. The van der Waals surface area contributed by atoms with Crippen LogP contribution in [0.25, 0.3) is 0 Å². The number of nitrogens with zero attached hydrogens (tertiary/aromatic N) is 1. The number of fused-ring (bicyclic) bond motifs is 1. The van der Waals surface area contributed by atoms with E-state index in [1.807, 2.05) is 0 Å². The van der Waals surface area contributed by atoms with Crippen LogP contribution in [0.3, 0.4) is 0 Å². The monoisotopic (exact) mass is 331 g/mol. The van der Waals surface area contributed by atoms with Crippen LogP contribution >= 0.6 is 0 Å². The van der Waals surface area contributed by atoms with E-state index >= 15 is 0 Å². The number of aromatic hydroxyl groups is 1. The molecule has 1 saturated heterocycles. The summed E-state index contributed by atoms with van der Waals surface area (Å²) in [6, 6.07) is 3.22. The second-order valence-corrected chi connectivity index (χ2v) is 5.60. The molecule has 0 spiro atoms. The summed E-state index contributed by atoms with van der Waals surface area (Å²) in [5.41, 5.74) is -0.461. The summed E-state index contributed by atoms with van der Waals surface area (Å²) in [7, 11) is 0. The number of ether oxygens (including phenoxy) is 2. The summed E-state index contributed by atoms with van der Waals surface area (Å²) in [6.45, 7) is 0.607. The molecule has 2 fully saturated rings. The second-order valence-electron chi connectivity index (χ2n) is 5.60. The largest absolute Gasteiger partial charge is 0.573 e. The van der Waals surface area contributed by atoms with Crippen molar-refractivity contribution in [3.63, 3.8) is 0 Å². The number of amides is 1. The second kappa shape index (κ2) is 5.92. The average Bonchev–Trinajstić information content (AvgIpc) is 2.93. The first-order valence-electron chi connectivity index (χ1n) is 7.37. The number of benzene rings is 1. The molecule has 3 rings (SSSR count). The van der Waals surface area contributed by atoms with Gasteiger partial charge in [-0.1, -0.05) is 6.07 Å². The Labute approximate surface area is 130 Å². The molecule has 0 unspecified atom stereocenters. The van der Waals surface area contributed by atoms with Crippen LogP contribution in [0.1, 0.15) is 29.6 Å². The Hall–Kier alpha value is -1.96. The molecule has 1 aromatic rings. The van der Waals surface area contributed by atoms with Crippen molar-refractivity contribution < 1.29 is 32.5 Å². The van der Waals surface area contributed by atoms with Gasteiger partial charge in [0, 0.05) is 6.54 Å². The van der Waals surface area contributed by atoms with Gasteiger partial charge < -0.3 is 19.5 Å². The van der Waals surface area contributed by atoms with Crippen LogP contribution in [0.5, 0.6) is 11.5 Å². The van der Waals surface area contributed by atoms with Gasteiger partial charge in [0.2, 0.25) is 0 Å². The van der Waals surface area contributed by atoms with E-state index in [0.717, 1.165) is 25.3 Å². The summed E-state index contributed by atoms with van der Waals surface area (Å²) in [5.74, 6) is -1.89. The minimum Gasteiger partial charge on any atom is -0.507 e. The molecule has 2 aliphatic rings. The molecule has 1 heterocycles. The van der Waals surface area contributed by atoms with Crippen molar-refractivity contribution in [2.75, 3.05) is 13.2 Å². The lowest BCUT2D eigenvalue weighted by molar-refractivity contribution is -0.274. The van der Waals surface area contributed by atoms with Crippen LogP contribution in [0.2, 0.25) is 0 Å². The third-order valence-corrected chi connectivity index (χ3v) is 4.19. The molecule has 1 saturated carbocycles. The Kier molecular flexibility index (Phi) is 4.09. The number of rotatable bonds is 2. The molecule has 126 valence electrons. The van der Waals surface area contributed by atoms with E-state index in [0.29, 0.717) is 6.61 Å². The van der Waals surface area contributed by atoms with Gasteiger partial charge in [-0.15, -0.1) is 13.2 Å². The molecule has 1 aliphatic carbocycles. The lowest BCUT2D eigenvalue weighted by Gasteiger charge is -2.38. The first kappa shape index (κ1) is 15.9. The van der Waals surface area contributed by atoms with E-state index in [-0.39, 0.29) is 18.7 Å². The maximum atomic E-state index is 12.7. The fraction of sp³-hybridized carbons (Fsp3) is 0.533. The van der Waals surface area contributed by atoms with Gasteiger partial charge in [0.1, 0.15) is 17.1 Å². The van der Waals surface area contributed by atoms with E-state index in [1.54, 1.807) is 0 Å². The Morgan fingerprint density at radius 2 is 2.13 bits per heavy atom. The van der Waals surface area contributed by atoms with Crippen molar-refractivity contribution >= 4 is 5.91 Å². The molecule has 1 aliphatic heterocycles. The first-order valence-corrected chi connectivity index (χ1v) is 7.37. The molecule has 5 nitrogen and oxygen atoms in total. The van der Waals surface area contributed by atoms with E-state index in [1.165, 1.54) is 17.0 Å². The van der Waals surface area contributed by atoms with Crippen LogP contribution in [0, 0.1) is 0 Å². The summed E-state index contributed by atoms with van der Waals surface area (Å²) in [5, 5.41) is 9.90. The van der Waals surface area contributed by atoms with E-state index < -0.39 is 29.3 Å². The van der Waals surface area contributed by atoms with E-state index in [4.69, 9.17) is 4.74 Å². The Balaban J connectivity index is 1.92. The maximum absolute atomic E-state index is 12.7. The van der Waals surface area contributed by atoms with Crippen molar-refractivity contribution in [3.8, 4) is 11.5 Å². The summed E-state index contributed by atoms with van der Waals surface area (Å²) < 4.78 is 47.1. The van der Waals surface area contributed by atoms with E-state index in [2.05, 4.69) is 4.74 Å². The number of hydrogen-bond donors (Lipinski definition) is 1. The third-order valence-electron chi connectivity index (χ3n) is 4.19. The maximum Gasteiger partial charge on any atom is 0.573 e. The lowest BCUT2D eigenvalue weighted by atomic mass is 10.1. The minimum atomic E-state index is -4.94. The molecule has 0 aromatic heterocycles. The Morgan fingerprint density at radius 1 is 1.35 bits per heavy atom. The highest BCUT2D eigenvalue weighted by molar-refractivity contribution is 5.99. The number of carbonyl (C=O) groups is 1. The fourth-order valence-corrected chi connectivity index (χ4v) is 3.27. The number of alkyl halides is 3. The molecule has 2 atom stereocenters. The van der Waals surface area contributed by atoms with Crippen LogP contribution in [0.15, 0.2) is 18.2 Å². The molecule has 8 heteroatoms. The molecule has 1 amide bonds. The zero-order chi connectivity index (χ0) is 16.6. The number of hydrogen-bond acceptors (Lipinski definition) is 4. The van der Waals surface area contributed by atoms with Gasteiger partial charge in [0.05, 0.1) is 18.8 Å². The van der Waals surface area contributed by atoms with Crippen molar-refractivity contribution in [1.29, 1.82) is 0 Å². The number of morpholine rings is 1. The molecule has 0 radical (unpaired) electrons. The third kappa shape index (κ3) is 3.21.